The highest BCUT2D eigenvalue weighted by molar-refractivity contribution is 7.98. The average molecular weight is 489 g/mol. The molecular formula is C22H21ClF4N2O2S. The molecular weight excluding hydrogens is 468 g/mol. The third kappa shape index (κ3) is 4.46. The summed E-state index contributed by atoms with van der Waals surface area (Å²) in [7, 11) is 1.22. The molecule has 1 heterocycles. The first kappa shape index (κ1) is 24.4. The van der Waals surface area contributed by atoms with E-state index in [2.05, 4.69) is 10.3 Å². The van der Waals surface area contributed by atoms with Gasteiger partial charge in [-0.25, -0.2) is 4.39 Å². The predicted octanol–water partition coefficient (Wildman–Crippen LogP) is 6.15. The summed E-state index contributed by atoms with van der Waals surface area (Å²) >= 11 is 6.95. The van der Waals surface area contributed by atoms with Gasteiger partial charge in [-0.3, -0.25) is 4.98 Å². The van der Waals surface area contributed by atoms with E-state index in [9.17, 15) is 22.7 Å². The van der Waals surface area contributed by atoms with Crippen LogP contribution in [-0.2, 0) is 0 Å². The molecule has 1 aromatic heterocycles. The smallest absolute Gasteiger partial charge is 0.420 e. The molecule has 3 aromatic rings. The molecule has 0 fully saturated rings. The van der Waals surface area contributed by atoms with Gasteiger partial charge in [0, 0.05) is 22.5 Å². The van der Waals surface area contributed by atoms with Gasteiger partial charge in [-0.15, -0.1) is 0 Å². The molecule has 0 aliphatic carbocycles. The highest BCUT2D eigenvalue weighted by Gasteiger charge is 2.59. The van der Waals surface area contributed by atoms with Crippen LogP contribution in [0.2, 0.25) is 5.02 Å². The van der Waals surface area contributed by atoms with E-state index in [4.69, 9.17) is 16.3 Å². The number of benzene rings is 2. The fourth-order valence-electron chi connectivity index (χ4n) is 3.47. The lowest BCUT2D eigenvalue weighted by Crippen LogP contribution is -2.54. The SMILES string of the molecule is COc1ccc(C(Nc2cccc3nc(C)ccc23)C(O)(CSC)C(F)(F)F)c(Cl)c1F. The van der Waals surface area contributed by atoms with E-state index in [1.165, 1.54) is 25.5 Å². The Balaban J connectivity index is 2.24. The van der Waals surface area contributed by atoms with Crippen molar-refractivity contribution in [1.29, 1.82) is 0 Å². The maximum atomic E-state index is 14.7. The van der Waals surface area contributed by atoms with Crippen LogP contribution in [0, 0.1) is 12.7 Å². The van der Waals surface area contributed by atoms with Gasteiger partial charge in [0.25, 0.3) is 0 Å². The van der Waals surface area contributed by atoms with Crippen LogP contribution in [0.4, 0.5) is 23.2 Å². The van der Waals surface area contributed by atoms with Crippen molar-refractivity contribution in [3.05, 3.63) is 64.6 Å². The minimum Gasteiger partial charge on any atom is -0.494 e. The highest BCUT2D eigenvalue weighted by Crippen LogP contribution is 2.46. The lowest BCUT2D eigenvalue weighted by Gasteiger charge is -2.39. The van der Waals surface area contributed by atoms with Crippen LogP contribution in [0.3, 0.4) is 0 Å². The van der Waals surface area contributed by atoms with Crippen molar-refractivity contribution in [3.8, 4) is 5.75 Å². The number of fused-ring (bicyclic) bond motifs is 1. The van der Waals surface area contributed by atoms with Gasteiger partial charge >= 0.3 is 6.18 Å². The van der Waals surface area contributed by atoms with E-state index in [1.54, 1.807) is 37.3 Å². The number of alkyl halides is 3. The number of aliphatic hydroxyl groups is 1. The number of hydrogen-bond donors (Lipinski definition) is 2. The number of rotatable bonds is 7. The Morgan fingerprint density at radius 1 is 1.19 bits per heavy atom. The summed E-state index contributed by atoms with van der Waals surface area (Å²) in [5.74, 6) is -1.94. The fourth-order valence-corrected chi connectivity index (χ4v) is 4.50. The van der Waals surface area contributed by atoms with E-state index in [0.29, 0.717) is 10.9 Å². The molecule has 0 saturated carbocycles. The first-order valence-corrected chi connectivity index (χ1v) is 11.2. The highest BCUT2D eigenvalue weighted by atomic mass is 35.5. The van der Waals surface area contributed by atoms with Crippen molar-refractivity contribution in [2.75, 3.05) is 24.4 Å². The minimum atomic E-state index is -5.05. The summed E-state index contributed by atoms with van der Waals surface area (Å²) in [6, 6.07) is 8.92. The molecule has 0 bridgehead atoms. The quantitative estimate of drug-likeness (QED) is 0.390. The second-order valence-corrected chi connectivity index (χ2v) is 8.49. The number of aryl methyl sites for hydroxylation is 1. The van der Waals surface area contributed by atoms with Crippen molar-refractivity contribution in [2.45, 2.75) is 24.7 Å². The molecule has 0 amide bonds. The number of thioether (sulfide) groups is 1. The Morgan fingerprint density at radius 2 is 1.91 bits per heavy atom. The lowest BCUT2D eigenvalue weighted by molar-refractivity contribution is -0.256. The summed E-state index contributed by atoms with van der Waals surface area (Å²) in [6.07, 6.45) is -3.61. The van der Waals surface area contributed by atoms with Gasteiger partial charge in [0.05, 0.1) is 23.7 Å². The predicted molar refractivity (Wildman–Crippen MR) is 120 cm³/mol. The molecule has 32 heavy (non-hydrogen) atoms. The van der Waals surface area contributed by atoms with Crippen LogP contribution in [0.25, 0.3) is 10.9 Å². The zero-order valence-corrected chi connectivity index (χ0v) is 19.0. The van der Waals surface area contributed by atoms with Gasteiger partial charge in [0.15, 0.2) is 17.2 Å². The molecule has 0 saturated heterocycles. The standard InChI is InChI=1S/C22H21ClF4N2O2S/c1-12-7-8-13-15(28-12)5-4-6-16(13)29-20(21(30,11-32-3)22(25,26)27)14-9-10-17(31-2)19(24)18(14)23/h4-10,20,29-30H,11H2,1-3H3. The molecule has 0 radical (unpaired) electrons. The van der Waals surface area contributed by atoms with Crippen LogP contribution in [0.5, 0.6) is 5.75 Å². The second kappa shape index (κ2) is 9.33. The number of methoxy groups -OCH3 is 1. The molecule has 172 valence electrons. The number of nitrogens with zero attached hydrogens (tertiary/aromatic N) is 1. The molecule has 2 atom stereocenters. The van der Waals surface area contributed by atoms with Gasteiger partial charge < -0.3 is 15.2 Å². The van der Waals surface area contributed by atoms with E-state index in [0.717, 1.165) is 17.5 Å². The summed E-state index contributed by atoms with van der Waals surface area (Å²) in [6.45, 7) is 1.79. The van der Waals surface area contributed by atoms with Gasteiger partial charge in [-0.05, 0) is 49.1 Å². The lowest BCUT2D eigenvalue weighted by atomic mass is 9.88. The largest absolute Gasteiger partial charge is 0.494 e. The zero-order valence-electron chi connectivity index (χ0n) is 17.4. The number of hydrogen-bond acceptors (Lipinski definition) is 5. The molecule has 10 heteroatoms. The molecule has 0 spiro atoms. The van der Waals surface area contributed by atoms with Crippen molar-refractivity contribution >= 4 is 40.0 Å². The molecule has 4 nitrogen and oxygen atoms in total. The fraction of sp³-hybridized carbons (Fsp3) is 0.318. The number of pyridine rings is 1. The van der Waals surface area contributed by atoms with Crippen molar-refractivity contribution < 1.29 is 27.4 Å². The topological polar surface area (TPSA) is 54.4 Å². The monoisotopic (exact) mass is 488 g/mol. The summed E-state index contributed by atoms with van der Waals surface area (Å²) in [4.78, 5) is 4.39. The Labute approximate surface area is 191 Å². The van der Waals surface area contributed by atoms with Crippen molar-refractivity contribution in [3.63, 3.8) is 0 Å². The van der Waals surface area contributed by atoms with Crippen LogP contribution in [0.15, 0.2) is 42.5 Å². The zero-order chi connectivity index (χ0) is 23.7. The van der Waals surface area contributed by atoms with E-state index < -0.39 is 34.4 Å². The Bertz CT molecular complexity index is 1130. The minimum absolute atomic E-state index is 0.220. The third-order valence-corrected chi connectivity index (χ3v) is 6.22. The number of ether oxygens (including phenoxy) is 1. The molecule has 3 rings (SSSR count). The average Bonchev–Trinajstić information content (AvgIpc) is 2.73. The Morgan fingerprint density at radius 3 is 2.53 bits per heavy atom. The van der Waals surface area contributed by atoms with E-state index >= 15 is 0 Å². The normalized spacial score (nSPS) is 14.8. The van der Waals surface area contributed by atoms with E-state index in [-0.39, 0.29) is 17.0 Å². The number of anilines is 1. The third-order valence-electron chi connectivity index (χ3n) is 5.11. The Kier molecular flexibility index (Phi) is 7.12. The summed E-state index contributed by atoms with van der Waals surface area (Å²) in [5, 5.41) is 13.7. The maximum absolute atomic E-state index is 14.7. The first-order valence-electron chi connectivity index (χ1n) is 9.46. The van der Waals surface area contributed by atoms with Crippen LogP contribution in [-0.4, -0.2) is 41.0 Å². The van der Waals surface area contributed by atoms with Crippen LogP contribution >= 0.6 is 23.4 Å². The van der Waals surface area contributed by atoms with Crippen LogP contribution in [0.1, 0.15) is 17.3 Å². The van der Waals surface area contributed by atoms with Crippen molar-refractivity contribution in [1.82, 2.24) is 4.98 Å². The first-order chi connectivity index (χ1) is 15.0. The number of aromatic nitrogens is 1. The van der Waals surface area contributed by atoms with Gasteiger partial charge in [-0.1, -0.05) is 23.7 Å². The molecule has 2 aromatic carbocycles. The number of nitrogens with one attached hydrogen (secondary N) is 1. The second-order valence-electron chi connectivity index (χ2n) is 7.24. The molecule has 2 N–H and O–H groups in total. The van der Waals surface area contributed by atoms with Crippen molar-refractivity contribution in [2.24, 2.45) is 0 Å². The summed E-state index contributed by atoms with van der Waals surface area (Å²) < 4.78 is 62.1. The summed E-state index contributed by atoms with van der Waals surface area (Å²) in [5.41, 5.74) is -1.94. The van der Waals surface area contributed by atoms with Crippen LogP contribution < -0.4 is 10.1 Å². The number of halogens is 5. The van der Waals surface area contributed by atoms with Gasteiger partial charge in [0.2, 0.25) is 0 Å². The maximum Gasteiger partial charge on any atom is 0.420 e. The molecule has 0 aliphatic heterocycles. The molecule has 0 aliphatic rings. The van der Waals surface area contributed by atoms with Gasteiger partial charge in [-0.2, -0.15) is 24.9 Å². The molecule has 2 unspecified atom stereocenters. The Hall–Kier alpha value is -2.23. The van der Waals surface area contributed by atoms with E-state index in [1.807, 2.05) is 0 Å². The van der Waals surface area contributed by atoms with Gasteiger partial charge in [0.1, 0.15) is 0 Å².